The smallest absolute Gasteiger partial charge is 0.246 e. The van der Waals surface area contributed by atoms with Crippen molar-refractivity contribution in [1.29, 1.82) is 0 Å². The summed E-state index contributed by atoms with van der Waals surface area (Å²) in [5, 5.41) is 0. The first-order valence-corrected chi connectivity index (χ1v) is 6.62. The van der Waals surface area contributed by atoms with Crippen LogP contribution in [0.3, 0.4) is 0 Å². The van der Waals surface area contributed by atoms with E-state index in [2.05, 4.69) is 13.8 Å². The molecule has 3 heteroatoms. The van der Waals surface area contributed by atoms with Crippen molar-refractivity contribution in [1.82, 2.24) is 4.90 Å². The first kappa shape index (κ1) is 13.8. The highest BCUT2D eigenvalue weighted by Crippen LogP contribution is 2.44. The molecule has 1 aromatic carbocycles. The number of hydrogen-bond donors (Lipinski definition) is 0. The molecule has 1 unspecified atom stereocenters. The number of amides is 1. The number of hydrogen-bond acceptors (Lipinski definition) is 1. The minimum Gasteiger partial charge on any atom is -0.345 e. The number of carbonyl (C=O) groups excluding carboxylic acids is 1. The molecule has 2 nitrogen and oxygen atoms in total. The van der Waals surface area contributed by atoms with Gasteiger partial charge in [0.25, 0.3) is 0 Å². The number of allylic oxidation sites excluding steroid dienone is 1. The van der Waals surface area contributed by atoms with Gasteiger partial charge in [0.05, 0.1) is 0 Å². The van der Waals surface area contributed by atoms with E-state index in [1.807, 2.05) is 6.07 Å². The highest BCUT2D eigenvalue weighted by molar-refractivity contribution is 5.96. The summed E-state index contributed by atoms with van der Waals surface area (Å²) in [5.41, 5.74) is 3.01. The monoisotopic (exact) mass is 261 g/mol. The van der Waals surface area contributed by atoms with E-state index in [9.17, 15) is 9.18 Å². The van der Waals surface area contributed by atoms with E-state index < -0.39 is 0 Å². The van der Waals surface area contributed by atoms with Crippen LogP contribution >= 0.6 is 0 Å². The van der Waals surface area contributed by atoms with Gasteiger partial charge < -0.3 is 4.90 Å². The van der Waals surface area contributed by atoms with Crippen molar-refractivity contribution in [2.75, 3.05) is 14.1 Å². The van der Waals surface area contributed by atoms with E-state index in [-0.39, 0.29) is 11.7 Å². The quantitative estimate of drug-likeness (QED) is 0.747. The predicted molar refractivity (Wildman–Crippen MR) is 75.3 cm³/mol. The molecule has 0 fully saturated rings. The van der Waals surface area contributed by atoms with Crippen LogP contribution in [0.15, 0.2) is 24.3 Å². The second-order valence-corrected chi connectivity index (χ2v) is 5.69. The van der Waals surface area contributed by atoms with Crippen LogP contribution in [0.25, 0.3) is 5.57 Å². The number of carbonyl (C=O) groups is 1. The van der Waals surface area contributed by atoms with Gasteiger partial charge in [-0.25, -0.2) is 4.39 Å². The molecule has 1 aliphatic carbocycles. The highest BCUT2D eigenvalue weighted by atomic mass is 19.1. The molecule has 0 spiro atoms. The molecule has 0 heterocycles. The molecule has 0 radical (unpaired) electrons. The maximum absolute atomic E-state index is 13.4. The van der Waals surface area contributed by atoms with E-state index >= 15 is 0 Å². The van der Waals surface area contributed by atoms with Crippen LogP contribution < -0.4 is 0 Å². The fraction of sp³-hybridized carbons (Fsp3) is 0.438. The van der Waals surface area contributed by atoms with Gasteiger partial charge in [-0.3, -0.25) is 4.79 Å². The minimum atomic E-state index is -0.244. The fourth-order valence-electron chi connectivity index (χ4n) is 2.60. The van der Waals surface area contributed by atoms with Gasteiger partial charge in [0, 0.05) is 20.2 Å². The van der Waals surface area contributed by atoms with E-state index in [1.54, 1.807) is 26.2 Å². The Hall–Kier alpha value is -1.64. The first-order valence-electron chi connectivity index (χ1n) is 6.62. The zero-order valence-electron chi connectivity index (χ0n) is 11.9. The normalized spacial score (nSPS) is 19.9. The standard InChI is InChI=1S/C16H20FNO/c1-10(2)14-7-11(8-16(19)18(3)4)15-9-12(17)5-6-13(14)15/h5-6,8-10,14H,7H2,1-4H3. The predicted octanol–water partition coefficient (Wildman–Crippen LogP) is 3.44. The molecule has 2 rings (SSSR count). The van der Waals surface area contributed by atoms with Gasteiger partial charge >= 0.3 is 0 Å². The molecule has 0 bridgehead atoms. The Balaban J connectivity index is 2.46. The summed E-state index contributed by atoms with van der Waals surface area (Å²) in [7, 11) is 3.45. The number of rotatable bonds is 2. The van der Waals surface area contributed by atoms with Gasteiger partial charge in [-0.15, -0.1) is 0 Å². The number of fused-ring (bicyclic) bond motifs is 1. The van der Waals surface area contributed by atoms with Gasteiger partial charge in [-0.2, -0.15) is 0 Å². The molecule has 1 atom stereocenters. The molecule has 0 aromatic heterocycles. The first-order chi connectivity index (χ1) is 8.90. The molecule has 0 saturated carbocycles. The lowest BCUT2D eigenvalue weighted by atomic mass is 9.90. The third-order valence-corrected chi connectivity index (χ3v) is 3.74. The molecule has 0 aliphatic heterocycles. The van der Waals surface area contributed by atoms with Crippen LogP contribution in [0.5, 0.6) is 0 Å². The van der Waals surface area contributed by atoms with Crippen molar-refractivity contribution in [3.05, 3.63) is 41.2 Å². The average molecular weight is 261 g/mol. The second kappa shape index (κ2) is 5.16. The van der Waals surface area contributed by atoms with Crippen LogP contribution in [0.4, 0.5) is 4.39 Å². The zero-order chi connectivity index (χ0) is 14.2. The number of nitrogens with zero attached hydrogens (tertiary/aromatic N) is 1. The van der Waals surface area contributed by atoms with E-state index in [4.69, 9.17) is 0 Å². The van der Waals surface area contributed by atoms with Gasteiger partial charge in [0.1, 0.15) is 5.82 Å². The van der Waals surface area contributed by atoms with Gasteiger partial charge in [-0.1, -0.05) is 19.9 Å². The summed E-state index contributed by atoms with van der Waals surface area (Å²) in [6.45, 7) is 4.32. The average Bonchev–Trinajstić information content (AvgIpc) is 2.67. The summed E-state index contributed by atoms with van der Waals surface area (Å²) >= 11 is 0. The number of likely N-dealkylation sites (N-methyl/N-ethyl adjacent to an activating group) is 1. The molecule has 0 saturated heterocycles. The summed E-state index contributed by atoms with van der Waals surface area (Å²) in [6.07, 6.45) is 2.46. The van der Waals surface area contributed by atoms with Gasteiger partial charge in [-0.05, 0) is 47.1 Å². The van der Waals surface area contributed by atoms with E-state index in [0.717, 1.165) is 23.1 Å². The molecular weight excluding hydrogens is 241 g/mol. The third-order valence-electron chi connectivity index (χ3n) is 3.74. The summed E-state index contributed by atoms with van der Waals surface area (Å²) in [5.74, 6) is 0.558. The van der Waals surface area contributed by atoms with Crippen molar-refractivity contribution < 1.29 is 9.18 Å². The molecular formula is C16H20FNO. The summed E-state index contributed by atoms with van der Waals surface area (Å²) in [6, 6.07) is 4.91. The van der Waals surface area contributed by atoms with E-state index in [0.29, 0.717) is 11.8 Å². The molecule has 1 aliphatic rings. The maximum Gasteiger partial charge on any atom is 0.246 e. The summed E-state index contributed by atoms with van der Waals surface area (Å²) < 4.78 is 13.4. The Morgan fingerprint density at radius 2 is 2.11 bits per heavy atom. The summed E-state index contributed by atoms with van der Waals surface area (Å²) in [4.78, 5) is 13.4. The molecule has 1 aromatic rings. The van der Waals surface area contributed by atoms with Crippen LogP contribution in [0.1, 0.15) is 37.3 Å². The van der Waals surface area contributed by atoms with Crippen molar-refractivity contribution in [3.63, 3.8) is 0 Å². The maximum atomic E-state index is 13.4. The van der Waals surface area contributed by atoms with Crippen molar-refractivity contribution in [2.45, 2.75) is 26.2 Å². The lowest BCUT2D eigenvalue weighted by Gasteiger charge is -2.14. The molecule has 102 valence electrons. The zero-order valence-corrected chi connectivity index (χ0v) is 11.9. The third kappa shape index (κ3) is 2.70. The van der Waals surface area contributed by atoms with Crippen molar-refractivity contribution in [2.24, 2.45) is 5.92 Å². The second-order valence-electron chi connectivity index (χ2n) is 5.69. The molecule has 19 heavy (non-hydrogen) atoms. The Morgan fingerprint density at radius 3 is 2.68 bits per heavy atom. The van der Waals surface area contributed by atoms with Crippen molar-refractivity contribution in [3.8, 4) is 0 Å². The van der Waals surface area contributed by atoms with Crippen LogP contribution in [0.2, 0.25) is 0 Å². The highest BCUT2D eigenvalue weighted by Gasteiger charge is 2.29. The lowest BCUT2D eigenvalue weighted by molar-refractivity contribution is -0.123. The number of halogens is 1. The lowest BCUT2D eigenvalue weighted by Crippen LogP contribution is -2.19. The van der Waals surface area contributed by atoms with Crippen LogP contribution in [-0.2, 0) is 4.79 Å². The van der Waals surface area contributed by atoms with Gasteiger partial charge in [0.2, 0.25) is 5.91 Å². The molecule has 0 N–H and O–H groups in total. The number of benzene rings is 1. The SMILES string of the molecule is CC(C)C1CC(=CC(=O)N(C)C)c2cc(F)ccc21. The largest absolute Gasteiger partial charge is 0.345 e. The topological polar surface area (TPSA) is 20.3 Å². The van der Waals surface area contributed by atoms with Crippen molar-refractivity contribution >= 4 is 11.5 Å². The van der Waals surface area contributed by atoms with E-state index in [1.165, 1.54) is 11.0 Å². The van der Waals surface area contributed by atoms with Crippen LogP contribution in [0, 0.1) is 11.7 Å². The Labute approximate surface area is 113 Å². The molecule has 1 amide bonds. The van der Waals surface area contributed by atoms with Crippen LogP contribution in [-0.4, -0.2) is 24.9 Å². The Kier molecular flexibility index (Phi) is 3.74. The minimum absolute atomic E-state index is 0.0467. The Morgan fingerprint density at radius 1 is 1.42 bits per heavy atom. The Bertz CT molecular complexity index is 532. The van der Waals surface area contributed by atoms with Gasteiger partial charge in [0.15, 0.2) is 0 Å². The fourth-order valence-corrected chi connectivity index (χ4v) is 2.60.